The summed E-state index contributed by atoms with van der Waals surface area (Å²) in [7, 11) is -3.12. The normalized spacial score (nSPS) is 16.9. The lowest BCUT2D eigenvalue weighted by molar-refractivity contribution is 0.578. The minimum absolute atomic E-state index is 0.0569. The molecule has 0 amide bonds. The number of hydrogen-bond acceptors (Lipinski definition) is 3. The molecule has 0 aliphatic carbocycles. The van der Waals surface area contributed by atoms with Crippen molar-refractivity contribution in [1.29, 1.82) is 0 Å². The van der Waals surface area contributed by atoms with Gasteiger partial charge in [-0.1, -0.05) is 6.08 Å². The Labute approximate surface area is 131 Å². The molecule has 0 spiro atoms. The quantitative estimate of drug-likeness (QED) is 0.843. The molecule has 7 heteroatoms. The molecule has 0 atom stereocenters. The van der Waals surface area contributed by atoms with E-state index in [1.807, 2.05) is 0 Å². The van der Waals surface area contributed by atoms with Crippen molar-refractivity contribution < 1.29 is 21.6 Å². The molecule has 0 saturated heterocycles. The summed E-state index contributed by atoms with van der Waals surface area (Å²) in [6, 6.07) is 4.56. The SMILES string of the molecule is O=S1(=O)CC=C(c2cc(F)c(-c3ncccc3F)c(F)c2)CC1. The second-order valence-electron chi connectivity index (χ2n) is 5.24. The molecule has 1 aromatic carbocycles. The molecule has 0 saturated carbocycles. The average molecular weight is 339 g/mol. The van der Waals surface area contributed by atoms with Gasteiger partial charge in [-0.15, -0.1) is 0 Å². The van der Waals surface area contributed by atoms with Crippen LogP contribution in [0.25, 0.3) is 16.8 Å². The van der Waals surface area contributed by atoms with Gasteiger partial charge in [0.25, 0.3) is 0 Å². The molecule has 3 rings (SSSR count). The summed E-state index contributed by atoms with van der Waals surface area (Å²) < 4.78 is 65.1. The van der Waals surface area contributed by atoms with E-state index in [9.17, 15) is 21.6 Å². The van der Waals surface area contributed by atoms with Gasteiger partial charge in [-0.05, 0) is 41.8 Å². The van der Waals surface area contributed by atoms with Crippen LogP contribution in [0.1, 0.15) is 12.0 Å². The van der Waals surface area contributed by atoms with Gasteiger partial charge in [-0.2, -0.15) is 0 Å². The zero-order valence-electron chi connectivity index (χ0n) is 11.9. The van der Waals surface area contributed by atoms with Crippen LogP contribution in [0.15, 0.2) is 36.5 Å². The van der Waals surface area contributed by atoms with E-state index < -0.39 is 38.5 Å². The maximum atomic E-state index is 14.3. The standard InChI is InChI=1S/C16H12F3NO2S/c17-12-2-1-5-20-16(12)15-13(18)8-11(9-14(15)19)10-3-6-23(21,22)7-4-10/h1-3,5,8-9H,4,6-7H2. The zero-order chi connectivity index (χ0) is 16.6. The van der Waals surface area contributed by atoms with Crippen molar-refractivity contribution in [3.8, 4) is 11.3 Å². The van der Waals surface area contributed by atoms with E-state index in [4.69, 9.17) is 0 Å². The summed E-state index contributed by atoms with van der Waals surface area (Å²) in [6.45, 7) is 0. The fraction of sp³-hybridized carbons (Fsp3) is 0.188. The van der Waals surface area contributed by atoms with Gasteiger partial charge >= 0.3 is 0 Å². The lowest BCUT2D eigenvalue weighted by atomic mass is 9.99. The first kappa shape index (κ1) is 15.7. The van der Waals surface area contributed by atoms with E-state index in [-0.39, 0.29) is 23.5 Å². The van der Waals surface area contributed by atoms with Gasteiger partial charge in [-0.25, -0.2) is 21.6 Å². The Morgan fingerprint density at radius 3 is 2.30 bits per heavy atom. The Balaban J connectivity index is 2.06. The summed E-state index contributed by atoms with van der Waals surface area (Å²) in [5.74, 6) is -2.90. The predicted molar refractivity (Wildman–Crippen MR) is 80.8 cm³/mol. The number of aromatic nitrogens is 1. The number of rotatable bonds is 2. The topological polar surface area (TPSA) is 47.0 Å². The molecule has 0 N–H and O–H groups in total. The summed E-state index contributed by atoms with van der Waals surface area (Å²) in [5.41, 5.74) is -0.106. The van der Waals surface area contributed by atoms with Crippen LogP contribution in [0.4, 0.5) is 13.2 Å². The van der Waals surface area contributed by atoms with Gasteiger partial charge in [0.05, 0.1) is 17.1 Å². The van der Waals surface area contributed by atoms with Crippen molar-refractivity contribution in [2.24, 2.45) is 0 Å². The highest BCUT2D eigenvalue weighted by Crippen LogP contribution is 2.31. The van der Waals surface area contributed by atoms with Gasteiger partial charge in [-0.3, -0.25) is 4.98 Å². The lowest BCUT2D eigenvalue weighted by Crippen LogP contribution is -2.15. The third kappa shape index (κ3) is 3.14. The van der Waals surface area contributed by atoms with E-state index >= 15 is 0 Å². The Morgan fingerprint density at radius 1 is 1.04 bits per heavy atom. The van der Waals surface area contributed by atoms with Gasteiger partial charge in [0.1, 0.15) is 23.1 Å². The van der Waals surface area contributed by atoms with Gasteiger partial charge in [0.15, 0.2) is 9.84 Å². The molecule has 120 valence electrons. The summed E-state index contributed by atoms with van der Waals surface area (Å²) in [5, 5.41) is 0. The molecular formula is C16H12F3NO2S. The van der Waals surface area contributed by atoms with E-state index in [0.29, 0.717) is 5.57 Å². The lowest BCUT2D eigenvalue weighted by Gasteiger charge is -2.15. The largest absolute Gasteiger partial charge is 0.253 e. The smallest absolute Gasteiger partial charge is 0.154 e. The first-order chi connectivity index (χ1) is 10.9. The molecule has 0 bridgehead atoms. The van der Waals surface area contributed by atoms with Crippen LogP contribution in [0.3, 0.4) is 0 Å². The Bertz CT molecular complexity index is 884. The second-order valence-corrected chi connectivity index (χ2v) is 7.47. The van der Waals surface area contributed by atoms with Crippen LogP contribution >= 0.6 is 0 Å². The fourth-order valence-corrected chi connectivity index (χ4v) is 3.65. The van der Waals surface area contributed by atoms with Gasteiger partial charge in [0, 0.05) is 6.20 Å². The average Bonchev–Trinajstić information content (AvgIpc) is 2.48. The van der Waals surface area contributed by atoms with Crippen molar-refractivity contribution in [1.82, 2.24) is 4.98 Å². The van der Waals surface area contributed by atoms with Crippen molar-refractivity contribution in [2.75, 3.05) is 11.5 Å². The highest BCUT2D eigenvalue weighted by molar-refractivity contribution is 7.91. The third-order valence-corrected chi connectivity index (χ3v) is 5.17. The van der Waals surface area contributed by atoms with Crippen LogP contribution in [-0.4, -0.2) is 24.9 Å². The molecule has 1 aromatic heterocycles. The van der Waals surface area contributed by atoms with Crippen molar-refractivity contribution in [3.05, 3.63) is 59.6 Å². The molecule has 2 heterocycles. The Kier molecular flexibility index (Phi) is 3.97. The van der Waals surface area contributed by atoms with E-state index in [2.05, 4.69) is 4.98 Å². The Hall–Kier alpha value is -2.15. The molecule has 0 radical (unpaired) electrons. The number of halogens is 3. The highest BCUT2D eigenvalue weighted by atomic mass is 32.2. The first-order valence-corrected chi connectivity index (χ1v) is 8.69. The number of sulfone groups is 1. The summed E-state index contributed by atoms with van der Waals surface area (Å²) in [4.78, 5) is 3.68. The number of allylic oxidation sites excluding steroid dienone is 1. The number of benzene rings is 1. The van der Waals surface area contributed by atoms with E-state index in [1.54, 1.807) is 0 Å². The van der Waals surface area contributed by atoms with Crippen LogP contribution in [0.5, 0.6) is 0 Å². The number of pyridine rings is 1. The number of nitrogens with zero attached hydrogens (tertiary/aromatic N) is 1. The minimum atomic E-state index is -3.12. The molecule has 1 aliphatic heterocycles. The Morgan fingerprint density at radius 2 is 1.74 bits per heavy atom. The molecule has 23 heavy (non-hydrogen) atoms. The van der Waals surface area contributed by atoms with Crippen molar-refractivity contribution in [2.45, 2.75) is 6.42 Å². The maximum Gasteiger partial charge on any atom is 0.154 e. The molecule has 2 aromatic rings. The van der Waals surface area contributed by atoms with Gasteiger partial charge < -0.3 is 0 Å². The minimum Gasteiger partial charge on any atom is -0.253 e. The summed E-state index contributed by atoms with van der Waals surface area (Å²) in [6.07, 6.45) is 2.90. The monoisotopic (exact) mass is 339 g/mol. The second kappa shape index (κ2) is 5.81. The van der Waals surface area contributed by atoms with Crippen LogP contribution in [0.2, 0.25) is 0 Å². The summed E-state index contributed by atoms with van der Waals surface area (Å²) >= 11 is 0. The maximum absolute atomic E-state index is 14.3. The first-order valence-electron chi connectivity index (χ1n) is 6.87. The molecule has 0 fully saturated rings. The van der Waals surface area contributed by atoms with Crippen molar-refractivity contribution in [3.63, 3.8) is 0 Å². The van der Waals surface area contributed by atoms with Crippen LogP contribution in [-0.2, 0) is 9.84 Å². The number of hydrogen-bond donors (Lipinski definition) is 0. The van der Waals surface area contributed by atoms with E-state index in [0.717, 1.165) is 18.2 Å². The molecule has 3 nitrogen and oxygen atoms in total. The molecule has 1 aliphatic rings. The third-order valence-electron chi connectivity index (χ3n) is 3.67. The van der Waals surface area contributed by atoms with Gasteiger partial charge in [0.2, 0.25) is 0 Å². The molecule has 0 unspecified atom stereocenters. The van der Waals surface area contributed by atoms with Crippen molar-refractivity contribution >= 4 is 15.4 Å². The van der Waals surface area contributed by atoms with Crippen LogP contribution < -0.4 is 0 Å². The molecular weight excluding hydrogens is 327 g/mol. The highest BCUT2D eigenvalue weighted by Gasteiger charge is 2.22. The van der Waals surface area contributed by atoms with E-state index in [1.165, 1.54) is 18.3 Å². The predicted octanol–water partition coefficient (Wildman–Crippen LogP) is 3.37. The fourth-order valence-electron chi connectivity index (χ4n) is 2.50. The van der Waals surface area contributed by atoms with Crippen LogP contribution in [0, 0.1) is 17.5 Å². The zero-order valence-corrected chi connectivity index (χ0v) is 12.7.